The van der Waals surface area contributed by atoms with Gasteiger partial charge in [-0.3, -0.25) is 73.6 Å². The third-order valence-electron chi connectivity index (χ3n) is 25.0. The largest absolute Gasteiger partial charge is 0.476 e. The molecule has 141 heavy (non-hydrogen) atoms. The monoisotopic (exact) mass is 2070 g/mol. The van der Waals surface area contributed by atoms with Crippen molar-refractivity contribution >= 4 is 123 Å². The molecule has 19 rings (SSSR count). The van der Waals surface area contributed by atoms with Gasteiger partial charge in [-0.2, -0.15) is 39.9 Å². The summed E-state index contributed by atoms with van der Waals surface area (Å²) in [5, 5.41) is 10.3. The summed E-state index contributed by atoms with van der Waals surface area (Å²) >= 11 is 0. The van der Waals surface area contributed by atoms with Gasteiger partial charge in [-0.25, -0.2) is 76.1 Å². The predicted octanol–water partition coefficient (Wildman–Crippen LogP) is 8.76. The van der Waals surface area contributed by atoms with Gasteiger partial charge in [0, 0.05) is 13.0 Å². The van der Waals surface area contributed by atoms with Crippen molar-refractivity contribution in [3.05, 3.63) is 25.3 Å². The van der Waals surface area contributed by atoms with Crippen LogP contribution in [0.3, 0.4) is 0 Å². The number of fused-ring (bicyclic) bond motifs is 8. The summed E-state index contributed by atoms with van der Waals surface area (Å²) in [6.45, 7) is 18.8. The number of nitrogens with zero attached hydrogens (tertiary/aromatic N) is 16. The molecule has 0 spiro atoms. The van der Waals surface area contributed by atoms with Gasteiger partial charge < -0.3 is 79.8 Å². The van der Waals surface area contributed by atoms with Crippen molar-refractivity contribution in [2.45, 2.75) is 299 Å². The number of carbonyl (C=O) groups excluding carboxylic acids is 4. The molecule has 8 aromatic heterocycles. The molecule has 0 bridgehead atoms. The number of hydrogen-bond acceptors (Lipinski definition) is 44. The van der Waals surface area contributed by atoms with Crippen molar-refractivity contribution in [2.24, 2.45) is 0 Å². The van der Waals surface area contributed by atoms with Crippen molar-refractivity contribution in [1.82, 2.24) is 98.4 Å². The molecule has 776 valence electrons. The van der Waals surface area contributed by atoms with Crippen LogP contribution >= 0.6 is 31.0 Å². The highest BCUT2D eigenvalue weighted by Crippen LogP contribution is 2.62. The standard InChI is InChI=1S/3C21H30FN6O7P.C18H26FN6O7P/c3*1-4-31-17-14-16(25-20(23)26-17)28(10-24-14)19-21(3,22)15-13(34-19)9-32-36(30,35-15)27-11(2)18(29)33-12-7-5-6-8-12;1-4-11(26)29-7-6-22-33(27)30-8-10-13(32-33)18(3,19)16(31-10)25-9-21-12-14(25)23-17(20)24-15(12)28-5-2/h3*10-13,15,19H,4-9H2,1-3H3,(H,27,30)(H2,23,25,26);9-10,13,16H,4-8H2,1-3H3,(H,22,27)(H2,20,23,24)/t11-,13+,15+,19+,21+,36?;11-,13+,15+,19+,21+,36+;11-,13+,15+,19+,21+,36-;10-,13-,16-,18-,33+/m0001/s1. The van der Waals surface area contributed by atoms with Crippen LogP contribution in [-0.4, -0.2) is 276 Å². The number of nitrogen functional groups attached to an aromatic ring is 4. The Bertz CT molecular complexity index is 5640. The van der Waals surface area contributed by atoms with Crippen LogP contribution in [0.15, 0.2) is 25.3 Å². The van der Waals surface area contributed by atoms with E-state index in [4.69, 9.17) is 116 Å². The van der Waals surface area contributed by atoms with Gasteiger partial charge in [-0.1, -0.05) is 6.92 Å². The molecule has 52 nitrogen and oxygen atoms in total. The third kappa shape index (κ3) is 22.1. The summed E-state index contributed by atoms with van der Waals surface area (Å²) in [4.78, 5) is 98.4. The van der Waals surface area contributed by atoms with Gasteiger partial charge in [0.15, 0.2) is 92.2 Å². The summed E-state index contributed by atoms with van der Waals surface area (Å²) in [5.74, 6) is -1.71. The molecule has 11 aliphatic rings. The minimum atomic E-state index is -4.06. The average Bonchev–Trinajstić information content (AvgIpc) is 1.59. The van der Waals surface area contributed by atoms with Crippen LogP contribution in [0.4, 0.5) is 41.4 Å². The maximum absolute atomic E-state index is 16.3. The van der Waals surface area contributed by atoms with Crippen LogP contribution in [0.1, 0.15) is 191 Å². The van der Waals surface area contributed by atoms with E-state index in [2.05, 4.69) is 80.2 Å². The van der Waals surface area contributed by atoms with E-state index >= 15 is 17.6 Å². The molecule has 8 saturated heterocycles. The SMILES string of the molecule is CCOc1nc(N)nc2c1ncn2[C@@H]1O[C@@H]2COP(=O)(N[C@@H](C)C(=O)OC3CCCC3)O[C@H]2[C@@]1(C)F.CCOc1nc(N)nc2c1ncn2[C@@H]1O[C@@H]2CO[P@@](=O)(NCCOC(=O)CC)O[C@H]2[C@@]1(C)F.CCOc1nc(N)nc2c1ncn2[C@@H]1O[C@@H]2CO[P@@](=O)(N[C@@H](C)C(=O)OC3CCCC3)O[C@H]2[C@@]1(C)F.CCOc1nc(N)nc2c1ncn2[C@@H]1O[C@@H]2CO[P@](=O)(N[C@@H](C)C(=O)OC3CCCC3)O[C@H]2[C@@]1(C)F. The predicted molar refractivity (Wildman–Crippen MR) is 483 cm³/mol. The first-order chi connectivity index (χ1) is 67.0. The zero-order valence-corrected chi connectivity index (χ0v) is 82.7. The molecular weight excluding hydrogens is 1960 g/mol. The number of alkyl halides is 4. The number of imidazole rings is 4. The number of hydrogen-bond donors (Lipinski definition) is 8. The molecule has 3 saturated carbocycles. The van der Waals surface area contributed by atoms with E-state index in [-0.39, 0.29) is 134 Å². The number of ether oxygens (including phenoxy) is 12. The van der Waals surface area contributed by atoms with Crippen LogP contribution in [0.2, 0.25) is 0 Å². The summed E-state index contributed by atoms with van der Waals surface area (Å²) in [5.41, 5.74) is 16.6. The number of nitrogens with one attached hydrogen (secondary N) is 4. The quantitative estimate of drug-likeness (QED) is 0.00713. The van der Waals surface area contributed by atoms with Gasteiger partial charge in [0.05, 0.1) is 78.2 Å². The first kappa shape index (κ1) is 104. The molecule has 12 N–H and O–H groups in total. The zero-order valence-electron chi connectivity index (χ0n) is 79.2. The van der Waals surface area contributed by atoms with Crippen molar-refractivity contribution in [3.63, 3.8) is 0 Å². The first-order valence-electron chi connectivity index (χ1n) is 46.5. The van der Waals surface area contributed by atoms with E-state index in [1.54, 1.807) is 34.6 Å². The fourth-order valence-electron chi connectivity index (χ4n) is 18.1. The Balaban J connectivity index is 0.000000135. The lowest BCUT2D eigenvalue weighted by atomic mass is 9.98. The maximum Gasteiger partial charge on any atom is 0.406 e. The van der Waals surface area contributed by atoms with Crippen LogP contribution < -0.4 is 62.2 Å². The number of aromatic nitrogens is 16. The van der Waals surface area contributed by atoms with Crippen molar-refractivity contribution in [1.29, 1.82) is 0 Å². The van der Waals surface area contributed by atoms with Gasteiger partial charge in [0.2, 0.25) is 47.3 Å². The zero-order chi connectivity index (χ0) is 101. The van der Waals surface area contributed by atoms with E-state index < -0.39 is 169 Å². The maximum atomic E-state index is 16.3. The van der Waals surface area contributed by atoms with Gasteiger partial charge in [0.1, 0.15) is 91.9 Å². The normalized spacial score (nSPS) is 33.0. The molecule has 0 aromatic carbocycles. The van der Waals surface area contributed by atoms with E-state index in [9.17, 15) is 37.4 Å². The Morgan fingerprint density at radius 1 is 0.404 bits per heavy atom. The third-order valence-corrected chi connectivity index (χ3v) is 31.7. The highest BCUT2D eigenvalue weighted by molar-refractivity contribution is 7.52. The smallest absolute Gasteiger partial charge is 0.406 e. The lowest BCUT2D eigenvalue weighted by Crippen LogP contribution is -2.47. The number of rotatable bonds is 29. The fraction of sp³-hybridized carbons (Fsp3) is 0.704. The molecule has 3 aliphatic carbocycles. The van der Waals surface area contributed by atoms with E-state index in [1.807, 2.05) is 0 Å². The highest BCUT2D eigenvalue weighted by atomic mass is 31.2. The first-order valence-corrected chi connectivity index (χ1v) is 52.6. The van der Waals surface area contributed by atoms with Crippen LogP contribution in [0, 0.1) is 0 Å². The van der Waals surface area contributed by atoms with Gasteiger partial charge >= 0.3 is 54.9 Å². The molecule has 60 heteroatoms. The highest BCUT2D eigenvalue weighted by Gasteiger charge is 2.66. The molecule has 16 heterocycles. The number of nitrogens with two attached hydrogens (primary N) is 4. The Morgan fingerprint density at radius 3 is 0.887 bits per heavy atom. The van der Waals surface area contributed by atoms with E-state index in [1.165, 1.54) is 92.0 Å². The lowest BCUT2D eigenvalue weighted by molar-refractivity contribution is -0.151. The van der Waals surface area contributed by atoms with E-state index in [0.29, 0.717) is 48.5 Å². The molecule has 8 aromatic rings. The number of carbonyl (C=O) groups is 4. The second kappa shape index (κ2) is 42.3. The van der Waals surface area contributed by atoms with Crippen LogP contribution in [0.25, 0.3) is 44.7 Å². The average molecular weight is 2070 g/mol. The Hall–Kier alpha value is -9.52. The van der Waals surface area contributed by atoms with Gasteiger partial charge in [-0.15, -0.1) is 0 Å². The number of esters is 4. The molecule has 0 amide bonds. The Morgan fingerprint density at radius 2 is 0.645 bits per heavy atom. The summed E-state index contributed by atoms with van der Waals surface area (Å²) < 4.78 is 234. The minimum absolute atomic E-state index is 0.0102. The number of halogens is 4. The molecule has 11 fully saturated rings. The number of anilines is 4. The van der Waals surface area contributed by atoms with Crippen molar-refractivity contribution < 1.29 is 148 Å². The van der Waals surface area contributed by atoms with E-state index in [0.717, 1.165) is 77.0 Å². The Kier molecular flexibility index (Phi) is 31.3. The summed E-state index contributed by atoms with van der Waals surface area (Å²) in [7, 11) is -16.0. The van der Waals surface area contributed by atoms with Gasteiger partial charge in [0.25, 0.3) is 0 Å². The molecule has 1 unspecified atom stereocenters. The Labute approximate surface area is 803 Å². The van der Waals surface area contributed by atoms with Crippen molar-refractivity contribution in [3.8, 4) is 23.5 Å². The van der Waals surface area contributed by atoms with Crippen molar-refractivity contribution in [2.75, 3.05) is 88.9 Å². The fourth-order valence-corrected chi connectivity index (χ4v) is 25.0. The summed E-state index contributed by atoms with van der Waals surface area (Å²) in [6, 6.07) is -2.94. The summed E-state index contributed by atoms with van der Waals surface area (Å²) in [6.07, 6.45) is 2.54. The second-order valence-electron chi connectivity index (χ2n) is 35.6. The van der Waals surface area contributed by atoms with Crippen LogP contribution in [-0.2, 0) is 112 Å². The topological polar surface area (TPSA) is 648 Å². The van der Waals surface area contributed by atoms with Gasteiger partial charge in [-0.05, 0) is 153 Å². The van der Waals surface area contributed by atoms with Crippen LogP contribution in [0.5, 0.6) is 23.5 Å². The second-order valence-corrected chi connectivity index (χ2v) is 42.6. The molecular formula is C81H116F4N24O28P4. The molecule has 23 atom stereocenters. The lowest BCUT2D eigenvalue weighted by Gasteiger charge is -2.35. The molecule has 8 aliphatic heterocycles. The minimum Gasteiger partial charge on any atom is -0.476 e. The molecule has 0 radical (unpaired) electrons.